The fourth-order valence-corrected chi connectivity index (χ4v) is 2.33. The molecule has 0 radical (unpaired) electrons. The molecular formula is C18H15ClN4O. The van der Waals surface area contributed by atoms with Crippen LogP contribution in [0.2, 0.25) is 5.02 Å². The van der Waals surface area contributed by atoms with Gasteiger partial charge in [-0.15, -0.1) is 0 Å². The third kappa shape index (κ3) is 4.08. The van der Waals surface area contributed by atoms with Crippen molar-refractivity contribution in [2.45, 2.75) is 6.54 Å². The van der Waals surface area contributed by atoms with Crippen molar-refractivity contribution in [2.24, 2.45) is 0 Å². The van der Waals surface area contributed by atoms with Crippen LogP contribution in [0.4, 0.5) is 11.5 Å². The second-order valence-corrected chi connectivity index (χ2v) is 5.49. The number of carbonyl (C=O) groups excluding carboxylic acids is 1. The van der Waals surface area contributed by atoms with Crippen molar-refractivity contribution in [3.63, 3.8) is 0 Å². The lowest BCUT2D eigenvalue weighted by Gasteiger charge is -2.08. The van der Waals surface area contributed by atoms with Gasteiger partial charge in [-0.2, -0.15) is 0 Å². The third-order valence-electron chi connectivity index (χ3n) is 3.34. The van der Waals surface area contributed by atoms with Crippen LogP contribution in [-0.4, -0.2) is 15.9 Å². The van der Waals surface area contributed by atoms with Crippen molar-refractivity contribution in [1.29, 1.82) is 0 Å². The van der Waals surface area contributed by atoms with Gasteiger partial charge in [0.2, 0.25) is 0 Å². The zero-order valence-electron chi connectivity index (χ0n) is 12.7. The van der Waals surface area contributed by atoms with E-state index in [0.29, 0.717) is 22.8 Å². The SMILES string of the molecule is O=C(Nc1ccc(NCc2cccnc2)nc1)c1ccccc1Cl. The summed E-state index contributed by atoms with van der Waals surface area (Å²) in [5, 5.41) is 6.39. The van der Waals surface area contributed by atoms with Crippen molar-refractivity contribution in [3.05, 3.63) is 83.3 Å². The number of halogens is 1. The van der Waals surface area contributed by atoms with Crippen LogP contribution >= 0.6 is 11.6 Å². The van der Waals surface area contributed by atoms with E-state index in [1.165, 1.54) is 0 Å². The van der Waals surface area contributed by atoms with Crippen LogP contribution in [-0.2, 0) is 6.54 Å². The Morgan fingerprint density at radius 3 is 2.62 bits per heavy atom. The number of hydrogen-bond acceptors (Lipinski definition) is 4. The fourth-order valence-electron chi connectivity index (χ4n) is 2.11. The zero-order valence-corrected chi connectivity index (χ0v) is 13.5. The second-order valence-electron chi connectivity index (χ2n) is 5.08. The number of aromatic nitrogens is 2. The molecule has 3 rings (SSSR count). The maximum atomic E-state index is 12.2. The molecule has 2 heterocycles. The quantitative estimate of drug-likeness (QED) is 0.738. The largest absolute Gasteiger partial charge is 0.366 e. The molecule has 0 spiro atoms. The van der Waals surface area contributed by atoms with Gasteiger partial charge in [0, 0.05) is 18.9 Å². The molecule has 0 aliphatic heterocycles. The van der Waals surface area contributed by atoms with E-state index in [0.717, 1.165) is 11.4 Å². The zero-order chi connectivity index (χ0) is 16.8. The first-order valence-electron chi connectivity index (χ1n) is 7.37. The van der Waals surface area contributed by atoms with E-state index in [9.17, 15) is 4.79 Å². The molecule has 3 aromatic rings. The topological polar surface area (TPSA) is 66.9 Å². The van der Waals surface area contributed by atoms with Crippen molar-refractivity contribution >= 4 is 29.0 Å². The summed E-state index contributed by atoms with van der Waals surface area (Å²) >= 11 is 6.02. The molecule has 5 nitrogen and oxygen atoms in total. The van der Waals surface area contributed by atoms with Crippen LogP contribution < -0.4 is 10.6 Å². The second kappa shape index (κ2) is 7.57. The van der Waals surface area contributed by atoms with Crippen molar-refractivity contribution in [2.75, 3.05) is 10.6 Å². The maximum absolute atomic E-state index is 12.2. The Kier molecular flexibility index (Phi) is 5.03. The standard InChI is InChI=1S/C18H15ClN4O/c19-16-6-2-1-5-15(16)18(24)23-14-7-8-17(22-12-14)21-11-13-4-3-9-20-10-13/h1-10,12H,11H2,(H,21,22)(H,23,24). The molecule has 0 atom stereocenters. The molecule has 120 valence electrons. The molecule has 1 amide bonds. The van der Waals surface area contributed by atoms with Crippen molar-refractivity contribution in [3.8, 4) is 0 Å². The summed E-state index contributed by atoms with van der Waals surface area (Å²) in [7, 11) is 0. The number of rotatable bonds is 5. The average molecular weight is 339 g/mol. The summed E-state index contributed by atoms with van der Waals surface area (Å²) in [5.41, 5.74) is 2.10. The monoisotopic (exact) mass is 338 g/mol. The number of amides is 1. The van der Waals surface area contributed by atoms with E-state index < -0.39 is 0 Å². The fraction of sp³-hybridized carbons (Fsp3) is 0.0556. The van der Waals surface area contributed by atoms with Gasteiger partial charge in [0.25, 0.3) is 5.91 Å². The Morgan fingerprint density at radius 1 is 1.04 bits per heavy atom. The Balaban J connectivity index is 1.60. The lowest BCUT2D eigenvalue weighted by molar-refractivity contribution is 0.102. The molecule has 0 aliphatic carbocycles. The lowest BCUT2D eigenvalue weighted by Crippen LogP contribution is -2.12. The molecule has 0 saturated heterocycles. The minimum Gasteiger partial charge on any atom is -0.366 e. The molecule has 0 saturated carbocycles. The van der Waals surface area contributed by atoms with Crippen LogP contribution in [0.5, 0.6) is 0 Å². The predicted octanol–water partition coefficient (Wildman–Crippen LogP) is 3.99. The molecule has 0 unspecified atom stereocenters. The summed E-state index contributed by atoms with van der Waals surface area (Å²) in [6.45, 7) is 0.631. The van der Waals surface area contributed by atoms with Gasteiger partial charge in [0.1, 0.15) is 5.82 Å². The van der Waals surface area contributed by atoms with Gasteiger partial charge in [-0.05, 0) is 35.9 Å². The van der Waals surface area contributed by atoms with Gasteiger partial charge in [-0.25, -0.2) is 4.98 Å². The smallest absolute Gasteiger partial charge is 0.257 e. The van der Waals surface area contributed by atoms with E-state index in [2.05, 4.69) is 20.6 Å². The molecular weight excluding hydrogens is 324 g/mol. The van der Waals surface area contributed by atoms with Gasteiger partial charge in [0.05, 0.1) is 22.5 Å². The highest BCUT2D eigenvalue weighted by Crippen LogP contribution is 2.17. The number of anilines is 2. The highest BCUT2D eigenvalue weighted by atomic mass is 35.5. The molecule has 6 heteroatoms. The minimum absolute atomic E-state index is 0.265. The summed E-state index contributed by atoms with van der Waals surface area (Å²) in [5.74, 6) is 0.452. The first-order chi connectivity index (χ1) is 11.7. The molecule has 2 aromatic heterocycles. The molecule has 0 bridgehead atoms. The van der Waals surface area contributed by atoms with Crippen molar-refractivity contribution in [1.82, 2.24) is 9.97 Å². The van der Waals surface area contributed by atoms with Crippen LogP contribution in [0, 0.1) is 0 Å². The summed E-state index contributed by atoms with van der Waals surface area (Å²) in [6, 6.07) is 14.4. The average Bonchev–Trinajstić information content (AvgIpc) is 2.62. The normalized spacial score (nSPS) is 10.2. The predicted molar refractivity (Wildman–Crippen MR) is 95.2 cm³/mol. The van der Waals surface area contributed by atoms with Crippen LogP contribution in [0.1, 0.15) is 15.9 Å². The number of nitrogens with zero attached hydrogens (tertiary/aromatic N) is 2. The Morgan fingerprint density at radius 2 is 1.92 bits per heavy atom. The van der Waals surface area contributed by atoms with Gasteiger partial charge in [-0.1, -0.05) is 29.8 Å². The van der Waals surface area contributed by atoms with Gasteiger partial charge in [-0.3, -0.25) is 9.78 Å². The van der Waals surface area contributed by atoms with E-state index in [4.69, 9.17) is 11.6 Å². The molecule has 0 fully saturated rings. The third-order valence-corrected chi connectivity index (χ3v) is 3.67. The summed E-state index contributed by atoms with van der Waals surface area (Å²) in [4.78, 5) is 20.5. The van der Waals surface area contributed by atoms with Crippen LogP contribution in [0.25, 0.3) is 0 Å². The van der Waals surface area contributed by atoms with Gasteiger partial charge < -0.3 is 10.6 Å². The molecule has 1 aromatic carbocycles. The Bertz CT molecular complexity index is 822. The highest BCUT2D eigenvalue weighted by molar-refractivity contribution is 6.34. The first kappa shape index (κ1) is 16.0. The number of nitrogens with one attached hydrogen (secondary N) is 2. The number of benzene rings is 1. The van der Waals surface area contributed by atoms with Gasteiger partial charge >= 0.3 is 0 Å². The van der Waals surface area contributed by atoms with E-state index in [1.807, 2.05) is 12.1 Å². The highest BCUT2D eigenvalue weighted by Gasteiger charge is 2.09. The molecule has 24 heavy (non-hydrogen) atoms. The van der Waals surface area contributed by atoms with Crippen LogP contribution in [0.15, 0.2) is 67.1 Å². The van der Waals surface area contributed by atoms with Gasteiger partial charge in [0.15, 0.2) is 0 Å². The Labute approximate surface area is 144 Å². The number of pyridine rings is 2. The minimum atomic E-state index is -0.265. The van der Waals surface area contributed by atoms with E-state index >= 15 is 0 Å². The first-order valence-corrected chi connectivity index (χ1v) is 7.75. The van der Waals surface area contributed by atoms with E-state index in [1.54, 1.807) is 55.0 Å². The summed E-state index contributed by atoms with van der Waals surface area (Å²) < 4.78 is 0. The lowest BCUT2D eigenvalue weighted by atomic mass is 10.2. The van der Waals surface area contributed by atoms with Crippen LogP contribution in [0.3, 0.4) is 0 Å². The number of hydrogen-bond donors (Lipinski definition) is 2. The number of carbonyl (C=O) groups is 1. The summed E-state index contributed by atoms with van der Waals surface area (Å²) in [6.07, 6.45) is 5.13. The van der Waals surface area contributed by atoms with E-state index in [-0.39, 0.29) is 5.91 Å². The molecule has 2 N–H and O–H groups in total. The van der Waals surface area contributed by atoms with Crippen molar-refractivity contribution < 1.29 is 4.79 Å². The molecule has 0 aliphatic rings. The Hall–Kier alpha value is -2.92. The maximum Gasteiger partial charge on any atom is 0.257 e.